The van der Waals surface area contributed by atoms with Crippen molar-refractivity contribution in [3.8, 4) is 0 Å². The fraction of sp³-hybridized carbons (Fsp3) is 0.200. The molecule has 0 amide bonds. The van der Waals surface area contributed by atoms with Gasteiger partial charge in [-0.2, -0.15) is 0 Å². The summed E-state index contributed by atoms with van der Waals surface area (Å²) < 4.78 is 6.09. The van der Waals surface area contributed by atoms with Crippen LogP contribution in [0.1, 0.15) is 25.3 Å². The number of aryl methyl sites for hydroxylation is 1. The minimum atomic E-state index is 0.968. The van der Waals surface area contributed by atoms with Gasteiger partial charge >= 0.3 is 0 Å². The highest BCUT2D eigenvalue weighted by Gasteiger charge is 2.09. The predicted octanol–water partition coefficient (Wildman–Crippen LogP) is 6.08. The second kappa shape index (κ2) is 4.92. The number of hydrogen-bond acceptors (Lipinski definition) is 1. The third-order valence-electron chi connectivity index (χ3n) is 4.24. The summed E-state index contributed by atoms with van der Waals surface area (Å²) in [6.45, 7) is 2.24. The lowest BCUT2D eigenvalue weighted by atomic mass is 10.0. The molecule has 1 heteroatoms. The number of furan rings is 1. The fourth-order valence-corrected chi connectivity index (χ4v) is 3.10. The van der Waals surface area contributed by atoms with E-state index in [1.165, 1.54) is 39.9 Å². The summed E-state index contributed by atoms with van der Waals surface area (Å²) in [4.78, 5) is 0. The molecular formula is C20H18O. The molecule has 0 saturated carbocycles. The van der Waals surface area contributed by atoms with Crippen molar-refractivity contribution in [3.63, 3.8) is 0 Å². The van der Waals surface area contributed by atoms with Gasteiger partial charge in [-0.1, -0.05) is 55.8 Å². The van der Waals surface area contributed by atoms with Crippen molar-refractivity contribution in [2.24, 2.45) is 0 Å². The highest BCUT2D eigenvalue weighted by Crippen LogP contribution is 2.34. The van der Waals surface area contributed by atoms with Crippen LogP contribution in [0.4, 0.5) is 0 Å². The Labute approximate surface area is 124 Å². The first-order valence-corrected chi connectivity index (χ1v) is 7.69. The minimum Gasteiger partial charge on any atom is -0.455 e. The van der Waals surface area contributed by atoms with Crippen LogP contribution in [0.25, 0.3) is 32.7 Å². The number of para-hydroxylation sites is 1. The summed E-state index contributed by atoms with van der Waals surface area (Å²) in [5, 5.41) is 4.89. The Morgan fingerprint density at radius 3 is 2.62 bits per heavy atom. The van der Waals surface area contributed by atoms with Crippen LogP contribution in [0.3, 0.4) is 0 Å². The molecule has 104 valence electrons. The van der Waals surface area contributed by atoms with Gasteiger partial charge in [-0.3, -0.25) is 0 Å². The quantitative estimate of drug-likeness (QED) is 0.441. The first kappa shape index (κ1) is 12.5. The van der Waals surface area contributed by atoms with E-state index < -0.39 is 0 Å². The summed E-state index contributed by atoms with van der Waals surface area (Å²) in [7, 11) is 0. The van der Waals surface area contributed by atoms with Crippen LogP contribution < -0.4 is 0 Å². The van der Waals surface area contributed by atoms with Crippen molar-refractivity contribution in [2.45, 2.75) is 26.2 Å². The highest BCUT2D eigenvalue weighted by atomic mass is 16.3. The van der Waals surface area contributed by atoms with Gasteiger partial charge in [0, 0.05) is 16.2 Å². The number of benzene rings is 3. The van der Waals surface area contributed by atoms with Gasteiger partial charge in [0.1, 0.15) is 11.2 Å². The van der Waals surface area contributed by atoms with Crippen LogP contribution >= 0.6 is 0 Å². The average molecular weight is 274 g/mol. The smallest absolute Gasteiger partial charge is 0.143 e. The molecule has 1 nitrogen and oxygen atoms in total. The highest BCUT2D eigenvalue weighted by molar-refractivity contribution is 6.14. The molecule has 4 aromatic rings. The molecule has 0 aliphatic heterocycles. The Morgan fingerprint density at radius 2 is 1.71 bits per heavy atom. The Bertz CT molecular complexity index is 930. The summed E-state index contributed by atoms with van der Waals surface area (Å²) >= 11 is 0. The van der Waals surface area contributed by atoms with E-state index in [0.717, 1.165) is 17.6 Å². The van der Waals surface area contributed by atoms with Crippen LogP contribution in [-0.4, -0.2) is 0 Å². The fourth-order valence-electron chi connectivity index (χ4n) is 3.10. The van der Waals surface area contributed by atoms with Gasteiger partial charge in [0.15, 0.2) is 0 Å². The van der Waals surface area contributed by atoms with Gasteiger partial charge in [-0.15, -0.1) is 0 Å². The van der Waals surface area contributed by atoms with E-state index in [1.54, 1.807) is 0 Å². The van der Waals surface area contributed by atoms with E-state index in [2.05, 4.69) is 49.4 Å². The van der Waals surface area contributed by atoms with Crippen LogP contribution in [0.2, 0.25) is 0 Å². The molecule has 0 unspecified atom stereocenters. The van der Waals surface area contributed by atoms with Gasteiger partial charge in [0.2, 0.25) is 0 Å². The zero-order chi connectivity index (χ0) is 14.2. The molecule has 0 aliphatic rings. The lowest BCUT2D eigenvalue weighted by Crippen LogP contribution is -1.84. The second-order valence-electron chi connectivity index (χ2n) is 5.70. The monoisotopic (exact) mass is 274 g/mol. The summed E-state index contributed by atoms with van der Waals surface area (Å²) in [6.07, 6.45) is 3.64. The van der Waals surface area contributed by atoms with Gasteiger partial charge in [-0.05, 0) is 35.9 Å². The molecule has 0 atom stereocenters. The maximum Gasteiger partial charge on any atom is 0.143 e. The molecule has 0 N–H and O–H groups in total. The van der Waals surface area contributed by atoms with Crippen molar-refractivity contribution in [2.75, 3.05) is 0 Å². The molecule has 4 rings (SSSR count). The maximum atomic E-state index is 6.09. The van der Waals surface area contributed by atoms with Gasteiger partial charge in [0.05, 0.1) is 0 Å². The first-order valence-electron chi connectivity index (χ1n) is 7.69. The Morgan fingerprint density at radius 1 is 0.857 bits per heavy atom. The summed E-state index contributed by atoms with van der Waals surface area (Å²) in [5.74, 6) is 0. The summed E-state index contributed by atoms with van der Waals surface area (Å²) in [5.41, 5.74) is 3.39. The Balaban J connectivity index is 1.96. The molecule has 0 fully saturated rings. The average Bonchev–Trinajstić information content (AvgIpc) is 2.91. The lowest BCUT2D eigenvalue weighted by Gasteiger charge is -2.03. The molecule has 0 saturated heterocycles. The second-order valence-corrected chi connectivity index (χ2v) is 5.70. The van der Waals surface area contributed by atoms with E-state index in [9.17, 15) is 0 Å². The molecular weight excluding hydrogens is 256 g/mol. The molecule has 0 spiro atoms. The molecule has 0 bridgehead atoms. The van der Waals surface area contributed by atoms with Gasteiger partial charge < -0.3 is 4.42 Å². The largest absolute Gasteiger partial charge is 0.455 e. The third-order valence-corrected chi connectivity index (χ3v) is 4.24. The van der Waals surface area contributed by atoms with E-state index >= 15 is 0 Å². The van der Waals surface area contributed by atoms with Crippen LogP contribution in [0, 0.1) is 0 Å². The van der Waals surface area contributed by atoms with Crippen LogP contribution in [-0.2, 0) is 6.42 Å². The molecule has 1 aromatic heterocycles. The van der Waals surface area contributed by atoms with Crippen molar-refractivity contribution < 1.29 is 4.42 Å². The number of fused-ring (bicyclic) bond motifs is 5. The first-order chi connectivity index (χ1) is 10.4. The summed E-state index contributed by atoms with van der Waals surface area (Å²) in [6, 6.07) is 19.4. The molecule has 0 aliphatic carbocycles. The molecule has 0 radical (unpaired) electrons. The number of hydrogen-bond donors (Lipinski definition) is 0. The topological polar surface area (TPSA) is 13.1 Å². The van der Waals surface area contributed by atoms with E-state index in [1.807, 2.05) is 12.1 Å². The normalized spacial score (nSPS) is 11.7. The molecule has 21 heavy (non-hydrogen) atoms. The predicted molar refractivity (Wildman–Crippen MR) is 89.8 cm³/mol. The zero-order valence-corrected chi connectivity index (χ0v) is 12.2. The van der Waals surface area contributed by atoms with Gasteiger partial charge in [0.25, 0.3) is 0 Å². The van der Waals surface area contributed by atoms with E-state index in [-0.39, 0.29) is 0 Å². The number of unbranched alkanes of at least 4 members (excludes halogenated alkanes) is 1. The number of rotatable bonds is 3. The van der Waals surface area contributed by atoms with Crippen molar-refractivity contribution in [1.29, 1.82) is 0 Å². The van der Waals surface area contributed by atoms with Crippen molar-refractivity contribution in [1.82, 2.24) is 0 Å². The molecule has 3 aromatic carbocycles. The minimum absolute atomic E-state index is 0.968. The molecule has 1 heterocycles. The van der Waals surface area contributed by atoms with E-state index in [4.69, 9.17) is 4.42 Å². The maximum absolute atomic E-state index is 6.09. The van der Waals surface area contributed by atoms with Crippen molar-refractivity contribution >= 4 is 32.7 Å². The van der Waals surface area contributed by atoms with Crippen LogP contribution in [0.5, 0.6) is 0 Å². The van der Waals surface area contributed by atoms with Crippen LogP contribution in [0.15, 0.2) is 59.0 Å². The zero-order valence-electron chi connectivity index (χ0n) is 12.2. The Hall–Kier alpha value is -2.28. The standard InChI is InChI=1S/C20H18O/c1-2-3-6-14-9-11-16-15(13-14)10-12-18-17-7-4-5-8-19(17)21-20(16)18/h4-5,7-13H,2-3,6H2,1H3. The SMILES string of the molecule is CCCCc1ccc2c(ccc3c4ccccc4oc23)c1. The Kier molecular flexibility index (Phi) is 2.92. The third kappa shape index (κ3) is 2.01. The lowest BCUT2D eigenvalue weighted by molar-refractivity contribution is 0.672. The van der Waals surface area contributed by atoms with Gasteiger partial charge in [-0.25, -0.2) is 0 Å². The van der Waals surface area contributed by atoms with E-state index in [0.29, 0.717) is 0 Å². The van der Waals surface area contributed by atoms with Crippen molar-refractivity contribution in [3.05, 3.63) is 60.2 Å².